The maximum Gasteiger partial charge on any atom is 0.177 e. The molecule has 0 heterocycles. The highest BCUT2D eigenvalue weighted by Gasteiger charge is 2.29. The Labute approximate surface area is 75.9 Å². The van der Waals surface area contributed by atoms with Crippen LogP contribution in [0.15, 0.2) is 0 Å². The van der Waals surface area contributed by atoms with Crippen molar-refractivity contribution in [3.63, 3.8) is 0 Å². The molecule has 0 spiro atoms. The van der Waals surface area contributed by atoms with Crippen molar-refractivity contribution in [2.24, 2.45) is 5.92 Å². The molecule has 0 radical (unpaired) electrons. The van der Waals surface area contributed by atoms with E-state index < -0.39 is 0 Å². The second-order valence-corrected chi connectivity index (χ2v) is 5.02. The SMILES string of the molecule is CC(C)C(P=O)N(O)C(C)(C)C. The lowest BCUT2D eigenvalue weighted by Crippen LogP contribution is -2.45. The van der Waals surface area contributed by atoms with Gasteiger partial charge in [0.25, 0.3) is 0 Å². The summed E-state index contributed by atoms with van der Waals surface area (Å²) in [6.07, 6.45) is 0. The van der Waals surface area contributed by atoms with Gasteiger partial charge in [-0.3, -0.25) is 4.57 Å². The fraction of sp³-hybridized carbons (Fsp3) is 1.00. The molecular formula is C8H18NO2P. The van der Waals surface area contributed by atoms with E-state index in [2.05, 4.69) is 0 Å². The maximum atomic E-state index is 10.7. The topological polar surface area (TPSA) is 40.5 Å². The Bertz CT molecular complexity index is 154. The number of nitrogens with zero attached hydrogens (tertiary/aromatic N) is 1. The summed E-state index contributed by atoms with van der Waals surface area (Å²) in [5.41, 5.74) is -0.355. The van der Waals surface area contributed by atoms with Gasteiger partial charge in [0, 0.05) is 5.54 Å². The van der Waals surface area contributed by atoms with Gasteiger partial charge >= 0.3 is 0 Å². The van der Waals surface area contributed by atoms with E-state index in [0.717, 1.165) is 5.06 Å². The highest BCUT2D eigenvalue weighted by molar-refractivity contribution is 7.24. The van der Waals surface area contributed by atoms with Gasteiger partial charge in [-0.2, -0.15) is 5.06 Å². The first kappa shape index (κ1) is 12.0. The molecular weight excluding hydrogens is 173 g/mol. The van der Waals surface area contributed by atoms with Crippen LogP contribution < -0.4 is 0 Å². The average Bonchev–Trinajstić information content (AvgIpc) is 1.86. The van der Waals surface area contributed by atoms with Gasteiger partial charge in [-0.25, -0.2) is 0 Å². The number of rotatable bonds is 3. The Kier molecular flexibility index (Phi) is 4.32. The van der Waals surface area contributed by atoms with Crippen LogP contribution in [0, 0.1) is 5.92 Å². The van der Waals surface area contributed by atoms with Gasteiger partial charge in [0.05, 0.1) is 0 Å². The van der Waals surface area contributed by atoms with E-state index in [0.29, 0.717) is 0 Å². The van der Waals surface area contributed by atoms with Crippen LogP contribution in [-0.2, 0) is 4.57 Å². The molecule has 0 saturated heterocycles. The molecule has 1 atom stereocenters. The molecule has 3 nitrogen and oxygen atoms in total. The minimum atomic E-state index is -0.355. The molecule has 0 saturated carbocycles. The molecule has 0 rings (SSSR count). The molecule has 0 aromatic rings. The molecule has 4 heteroatoms. The van der Waals surface area contributed by atoms with E-state index in [1.54, 1.807) is 0 Å². The van der Waals surface area contributed by atoms with Crippen LogP contribution >= 0.6 is 8.46 Å². The third-order valence-electron chi connectivity index (χ3n) is 1.64. The molecule has 0 aromatic heterocycles. The van der Waals surface area contributed by atoms with Crippen LogP contribution in [0.3, 0.4) is 0 Å². The largest absolute Gasteiger partial charge is 0.312 e. The number of hydroxylamine groups is 2. The molecule has 0 aliphatic carbocycles. The van der Waals surface area contributed by atoms with E-state index in [1.165, 1.54) is 0 Å². The molecule has 0 aromatic carbocycles. The van der Waals surface area contributed by atoms with Crippen molar-refractivity contribution in [1.82, 2.24) is 5.06 Å². The predicted octanol–water partition coefficient (Wildman–Crippen LogP) is 2.75. The first-order chi connectivity index (χ1) is 5.30. The van der Waals surface area contributed by atoms with Gasteiger partial charge in [0.15, 0.2) is 8.46 Å². The summed E-state index contributed by atoms with van der Waals surface area (Å²) in [5.74, 6) is -0.140. The lowest BCUT2D eigenvalue weighted by Gasteiger charge is -2.34. The summed E-state index contributed by atoms with van der Waals surface area (Å²) in [4.78, 5) is 0. The van der Waals surface area contributed by atoms with Crippen LogP contribution in [0.25, 0.3) is 0 Å². The number of hydrogen-bond donors (Lipinski definition) is 1. The molecule has 0 aliphatic heterocycles. The van der Waals surface area contributed by atoms with Crippen LogP contribution in [0.2, 0.25) is 0 Å². The van der Waals surface area contributed by atoms with Crippen LogP contribution in [0.1, 0.15) is 34.6 Å². The van der Waals surface area contributed by atoms with Crippen LogP contribution in [0.4, 0.5) is 0 Å². The van der Waals surface area contributed by atoms with Crippen molar-refractivity contribution in [3.8, 4) is 0 Å². The fourth-order valence-electron chi connectivity index (χ4n) is 0.846. The Morgan fingerprint density at radius 1 is 1.33 bits per heavy atom. The molecule has 1 unspecified atom stereocenters. The van der Waals surface area contributed by atoms with Crippen molar-refractivity contribution in [1.29, 1.82) is 0 Å². The van der Waals surface area contributed by atoms with Crippen molar-refractivity contribution < 1.29 is 9.77 Å². The van der Waals surface area contributed by atoms with Gasteiger partial charge in [0.1, 0.15) is 5.78 Å². The Hall–Kier alpha value is 0.0200. The zero-order valence-electron chi connectivity index (χ0n) is 8.40. The van der Waals surface area contributed by atoms with Gasteiger partial charge in [-0.1, -0.05) is 13.8 Å². The van der Waals surface area contributed by atoms with Crippen LogP contribution in [-0.4, -0.2) is 21.6 Å². The van der Waals surface area contributed by atoms with Gasteiger partial charge in [0.2, 0.25) is 0 Å². The zero-order valence-corrected chi connectivity index (χ0v) is 9.30. The van der Waals surface area contributed by atoms with Crippen LogP contribution in [0.5, 0.6) is 0 Å². The van der Waals surface area contributed by atoms with E-state index in [9.17, 15) is 9.77 Å². The highest BCUT2D eigenvalue weighted by atomic mass is 31.1. The van der Waals surface area contributed by atoms with E-state index in [4.69, 9.17) is 0 Å². The summed E-state index contributed by atoms with van der Waals surface area (Å²) in [5, 5.41) is 10.8. The van der Waals surface area contributed by atoms with Crippen molar-refractivity contribution in [2.75, 3.05) is 0 Å². The molecule has 0 aliphatic rings. The van der Waals surface area contributed by atoms with Gasteiger partial charge in [-0.15, -0.1) is 0 Å². The van der Waals surface area contributed by atoms with Crippen molar-refractivity contribution in [3.05, 3.63) is 0 Å². The van der Waals surface area contributed by atoms with Crippen molar-refractivity contribution >= 4 is 8.46 Å². The first-order valence-electron chi connectivity index (χ1n) is 4.11. The average molecular weight is 191 g/mol. The summed E-state index contributed by atoms with van der Waals surface area (Å²) < 4.78 is 10.7. The summed E-state index contributed by atoms with van der Waals surface area (Å²) >= 11 is 0. The Morgan fingerprint density at radius 3 is 1.83 bits per heavy atom. The zero-order chi connectivity index (χ0) is 9.94. The van der Waals surface area contributed by atoms with E-state index in [1.807, 2.05) is 34.6 Å². The number of hydrogen-bond acceptors (Lipinski definition) is 3. The molecule has 0 amide bonds. The standard InChI is InChI=1S/C8H18NO2P/c1-6(2)7(12-11)9(10)8(3,4)5/h6-7,10H,1-5H3. The predicted molar refractivity (Wildman–Crippen MR) is 49.6 cm³/mol. The summed E-state index contributed by atoms with van der Waals surface area (Å²) in [6.45, 7) is 9.52. The highest BCUT2D eigenvalue weighted by Crippen LogP contribution is 2.26. The smallest absolute Gasteiger partial charge is 0.177 e. The summed E-state index contributed by atoms with van der Waals surface area (Å²) in [7, 11) is -0.0260. The minimum Gasteiger partial charge on any atom is -0.312 e. The quantitative estimate of drug-likeness (QED) is 0.550. The maximum absolute atomic E-state index is 10.7. The Morgan fingerprint density at radius 2 is 1.75 bits per heavy atom. The third-order valence-corrected chi connectivity index (χ3v) is 2.67. The Balaban J connectivity index is 4.42. The van der Waals surface area contributed by atoms with E-state index >= 15 is 0 Å². The molecule has 0 fully saturated rings. The fourth-order valence-corrected chi connectivity index (χ4v) is 1.52. The van der Waals surface area contributed by atoms with Crippen molar-refractivity contribution in [2.45, 2.75) is 45.9 Å². The van der Waals surface area contributed by atoms with Gasteiger partial charge < -0.3 is 5.21 Å². The lowest BCUT2D eigenvalue weighted by molar-refractivity contribution is -0.174. The molecule has 0 bridgehead atoms. The lowest BCUT2D eigenvalue weighted by atomic mass is 10.1. The second-order valence-electron chi connectivity index (χ2n) is 4.28. The third kappa shape index (κ3) is 3.18. The minimum absolute atomic E-state index is 0.0260. The second kappa shape index (κ2) is 4.31. The first-order valence-corrected chi connectivity index (χ1v) is 4.99. The summed E-state index contributed by atoms with van der Waals surface area (Å²) in [6, 6.07) is 0. The monoisotopic (exact) mass is 191 g/mol. The van der Waals surface area contributed by atoms with E-state index in [-0.39, 0.29) is 25.7 Å². The van der Waals surface area contributed by atoms with Gasteiger partial charge in [-0.05, 0) is 26.7 Å². The normalized spacial score (nSPS) is 16.0. The molecule has 12 heavy (non-hydrogen) atoms. The molecule has 72 valence electrons. The molecule has 1 N–H and O–H groups in total.